The van der Waals surface area contributed by atoms with Crippen LogP contribution in [-0.2, 0) is 0 Å². The lowest BCUT2D eigenvalue weighted by Gasteiger charge is -2.26. The van der Waals surface area contributed by atoms with E-state index in [9.17, 15) is 14.7 Å². The summed E-state index contributed by atoms with van der Waals surface area (Å²) in [7, 11) is 2.95. The molecule has 0 saturated heterocycles. The molecule has 2 amide bonds. The number of carbonyl (C=O) groups is 2. The van der Waals surface area contributed by atoms with Crippen molar-refractivity contribution in [1.82, 2.24) is 4.90 Å². The summed E-state index contributed by atoms with van der Waals surface area (Å²) in [5, 5.41) is 21.2. The summed E-state index contributed by atoms with van der Waals surface area (Å²) in [6.45, 7) is 3.30. The van der Waals surface area contributed by atoms with Crippen molar-refractivity contribution in [2.24, 2.45) is 0 Å². The molecular formula is C14H20N2O5. The van der Waals surface area contributed by atoms with Gasteiger partial charge in [0.2, 0.25) is 0 Å². The van der Waals surface area contributed by atoms with Gasteiger partial charge in [-0.05, 0) is 32.0 Å². The molecule has 0 heterocycles. The minimum Gasteiger partial charge on any atom is -0.495 e. The molecule has 0 radical (unpaired) electrons. The molecule has 1 aromatic carbocycles. The van der Waals surface area contributed by atoms with Crippen LogP contribution < -0.4 is 10.1 Å². The fourth-order valence-electron chi connectivity index (χ4n) is 1.80. The number of hydrogen-bond donors (Lipinski definition) is 3. The van der Waals surface area contributed by atoms with E-state index in [1.54, 1.807) is 13.8 Å². The van der Waals surface area contributed by atoms with Crippen LogP contribution in [0.4, 0.5) is 10.5 Å². The maximum Gasteiger partial charge on any atom is 0.335 e. The third kappa shape index (κ3) is 4.96. The van der Waals surface area contributed by atoms with Gasteiger partial charge in [-0.2, -0.15) is 0 Å². The van der Waals surface area contributed by atoms with Crippen molar-refractivity contribution in [1.29, 1.82) is 0 Å². The molecule has 0 fully saturated rings. The number of aromatic carboxylic acids is 1. The second-order valence-corrected chi connectivity index (χ2v) is 5.32. The first-order valence-corrected chi connectivity index (χ1v) is 6.30. The molecule has 0 saturated carbocycles. The SMILES string of the molecule is COc1ccc(C(=O)O)cc1NC(=O)N(C)CC(C)(C)O. The summed E-state index contributed by atoms with van der Waals surface area (Å²) >= 11 is 0. The molecule has 1 rings (SSSR count). The van der Waals surface area contributed by atoms with Gasteiger partial charge in [0.15, 0.2) is 0 Å². The van der Waals surface area contributed by atoms with Crippen LogP contribution in [0.5, 0.6) is 5.75 Å². The van der Waals surface area contributed by atoms with Gasteiger partial charge < -0.3 is 25.2 Å². The third-order valence-corrected chi connectivity index (χ3v) is 2.66. The lowest BCUT2D eigenvalue weighted by atomic mass is 10.1. The number of aliphatic hydroxyl groups is 1. The highest BCUT2D eigenvalue weighted by molar-refractivity contribution is 5.94. The van der Waals surface area contributed by atoms with Crippen LogP contribution >= 0.6 is 0 Å². The van der Waals surface area contributed by atoms with E-state index < -0.39 is 17.6 Å². The summed E-state index contributed by atoms with van der Waals surface area (Å²) < 4.78 is 5.09. The van der Waals surface area contributed by atoms with E-state index >= 15 is 0 Å². The van der Waals surface area contributed by atoms with E-state index in [4.69, 9.17) is 9.84 Å². The minimum atomic E-state index is -1.10. The molecular weight excluding hydrogens is 276 g/mol. The number of carboxylic acid groups (broad SMARTS) is 1. The van der Waals surface area contributed by atoms with Gasteiger partial charge in [-0.1, -0.05) is 0 Å². The highest BCUT2D eigenvalue weighted by Crippen LogP contribution is 2.26. The average molecular weight is 296 g/mol. The van der Waals surface area contributed by atoms with Crippen molar-refractivity contribution >= 4 is 17.7 Å². The number of ether oxygens (including phenoxy) is 1. The summed E-state index contributed by atoms with van der Waals surface area (Å²) in [6.07, 6.45) is 0. The molecule has 7 heteroatoms. The van der Waals surface area contributed by atoms with Gasteiger partial charge in [0.05, 0.1) is 30.5 Å². The van der Waals surface area contributed by atoms with Crippen molar-refractivity contribution in [3.05, 3.63) is 23.8 Å². The number of carbonyl (C=O) groups excluding carboxylic acids is 1. The van der Waals surface area contributed by atoms with Crippen molar-refractivity contribution in [2.45, 2.75) is 19.4 Å². The molecule has 3 N–H and O–H groups in total. The summed E-state index contributed by atoms with van der Waals surface area (Å²) in [5.41, 5.74) is -0.736. The molecule has 21 heavy (non-hydrogen) atoms. The van der Waals surface area contributed by atoms with Crippen LogP contribution in [0.15, 0.2) is 18.2 Å². The second-order valence-electron chi connectivity index (χ2n) is 5.32. The topological polar surface area (TPSA) is 99.1 Å². The summed E-state index contributed by atoms with van der Waals surface area (Å²) in [6, 6.07) is 3.70. The van der Waals surface area contributed by atoms with Gasteiger partial charge in [-0.15, -0.1) is 0 Å². The monoisotopic (exact) mass is 296 g/mol. The molecule has 0 aliphatic heterocycles. The Hall–Kier alpha value is -2.28. The van der Waals surface area contributed by atoms with Crippen molar-refractivity contribution in [3.63, 3.8) is 0 Å². The molecule has 0 unspecified atom stereocenters. The zero-order valence-corrected chi connectivity index (χ0v) is 12.5. The zero-order valence-electron chi connectivity index (χ0n) is 12.5. The third-order valence-electron chi connectivity index (χ3n) is 2.66. The first kappa shape index (κ1) is 16.8. The maximum atomic E-state index is 12.0. The van der Waals surface area contributed by atoms with Crippen molar-refractivity contribution in [2.75, 3.05) is 26.0 Å². The first-order chi connectivity index (χ1) is 9.64. The van der Waals surface area contributed by atoms with Gasteiger partial charge >= 0.3 is 12.0 Å². The van der Waals surface area contributed by atoms with Crippen molar-refractivity contribution < 1.29 is 24.5 Å². The Morgan fingerprint density at radius 2 is 2.00 bits per heavy atom. The Morgan fingerprint density at radius 3 is 2.48 bits per heavy atom. The molecule has 0 bridgehead atoms. The number of nitrogens with zero attached hydrogens (tertiary/aromatic N) is 1. The summed E-state index contributed by atoms with van der Waals surface area (Å²) in [4.78, 5) is 24.3. The van der Waals surface area contributed by atoms with E-state index in [2.05, 4.69) is 5.32 Å². The number of methoxy groups -OCH3 is 1. The number of amides is 2. The first-order valence-electron chi connectivity index (χ1n) is 6.30. The van der Waals surface area contributed by atoms with Gasteiger partial charge in [-0.25, -0.2) is 9.59 Å². The molecule has 0 aliphatic carbocycles. The number of hydrogen-bond acceptors (Lipinski definition) is 4. The quantitative estimate of drug-likeness (QED) is 0.767. The normalized spacial score (nSPS) is 10.9. The predicted octanol–water partition coefficient (Wildman–Crippen LogP) is 1.63. The average Bonchev–Trinajstić information content (AvgIpc) is 2.36. The number of likely N-dealkylation sites (N-methyl/N-ethyl adjacent to an activating group) is 1. The molecule has 0 atom stereocenters. The molecule has 116 valence electrons. The highest BCUT2D eigenvalue weighted by Gasteiger charge is 2.20. The van der Waals surface area contributed by atoms with E-state index in [1.165, 1.54) is 37.3 Å². The van der Waals surface area contributed by atoms with Crippen LogP contribution in [0.25, 0.3) is 0 Å². The second kappa shape index (κ2) is 6.45. The van der Waals surface area contributed by atoms with Crippen LogP contribution in [0, 0.1) is 0 Å². The Balaban J connectivity index is 2.93. The van der Waals surface area contributed by atoms with Crippen LogP contribution in [0.3, 0.4) is 0 Å². The van der Waals surface area contributed by atoms with Gasteiger partial charge in [-0.3, -0.25) is 0 Å². The fraction of sp³-hybridized carbons (Fsp3) is 0.429. The van der Waals surface area contributed by atoms with E-state index in [0.717, 1.165) is 0 Å². The number of carboxylic acids is 1. The van der Waals surface area contributed by atoms with E-state index in [1.807, 2.05) is 0 Å². The maximum absolute atomic E-state index is 12.0. The molecule has 0 spiro atoms. The molecule has 0 aromatic heterocycles. The lowest BCUT2D eigenvalue weighted by Crippen LogP contribution is -2.41. The van der Waals surface area contributed by atoms with E-state index in [0.29, 0.717) is 5.75 Å². The van der Waals surface area contributed by atoms with Crippen LogP contribution in [-0.4, -0.2) is 53.4 Å². The van der Waals surface area contributed by atoms with Crippen LogP contribution in [0.1, 0.15) is 24.2 Å². The Kier molecular flexibility index (Phi) is 5.15. The zero-order chi connectivity index (χ0) is 16.2. The molecule has 0 aliphatic rings. The van der Waals surface area contributed by atoms with Crippen molar-refractivity contribution in [3.8, 4) is 5.75 Å². The fourth-order valence-corrected chi connectivity index (χ4v) is 1.80. The highest BCUT2D eigenvalue weighted by atomic mass is 16.5. The van der Waals surface area contributed by atoms with Gasteiger partial charge in [0.25, 0.3) is 0 Å². The largest absolute Gasteiger partial charge is 0.495 e. The Labute approximate surface area is 123 Å². The van der Waals surface area contributed by atoms with Gasteiger partial charge in [0.1, 0.15) is 5.75 Å². The number of benzene rings is 1. The number of nitrogens with one attached hydrogen (secondary N) is 1. The van der Waals surface area contributed by atoms with Gasteiger partial charge in [0, 0.05) is 7.05 Å². The number of anilines is 1. The van der Waals surface area contributed by atoms with Crippen LogP contribution in [0.2, 0.25) is 0 Å². The summed E-state index contributed by atoms with van der Waals surface area (Å²) in [5.74, 6) is -0.747. The number of rotatable bonds is 5. The minimum absolute atomic E-state index is 0.0382. The molecule has 1 aromatic rings. The predicted molar refractivity (Wildman–Crippen MR) is 77.9 cm³/mol. The Bertz CT molecular complexity index is 537. The lowest BCUT2D eigenvalue weighted by molar-refractivity contribution is 0.0550. The van der Waals surface area contributed by atoms with E-state index in [-0.39, 0.29) is 17.8 Å². The number of urea groups is 1. The molecule has 7 nitrogen and oxygen atoms in total. The standard InChI is InChI=1S/C14H20N2O5/c1-14(2,20)8-16(3)13(19)15-10-7-9(12(17)18)5-6-11(10)21-4/h5-7,20H,8H2,1-4H3,(H,15,19)(H,17,18). The Morgan fingerprint density at radius 1 is 1.38 bits per heavy atom. The smallest absolute Gasteiger partial charge is 0.335 e.